The topological polar surface area (TPSA) is 0 Å². The second-order valence-electron chi connectivity index (χ2n) is 2.76. The van der Waals surface area contributed by atoms with E-state index in [2.05, 4.69) is 12.6 Å². The van der Waals surface area contributed by atoms with E-state index in [0.29, 0.717) is 0 Å². The standard InChI is InChI=1S/C10H6S3/c11-7-4-5-9(13)10-6(7)2-1-3-8(10)12/h1-5,12H. The minimum Gasteiger partial charge on any atom is -0.143 e. The summed E-state index contributed by atoms with van der Waals surface area (Å²) in [6.07, 6.45) is 3.73. The van der Waals surface area contributed by atoms with Gasteiger partial charge in [-0.15, -0.1) is 12.6 Å². The molecule has 0 saturated carbocycles. The van der Waals surface area contributed by atoms with Crippen molar-refractivity contribution in [2.45, 2.75) is 4.90 Å². The van der Waals surface area contributed by atoms with Crippen LogP contribution in [-0.2, 0) is 0 Å². The van der Waals surface area contributed by atoms with Gasteiger partial charge in [0, 0.05) is 25.8 Å². The van der Waals surface area contributed by atoms with Crippen LogP contribution in [0.25, 0.3) is 0 Å². The zero-order valence-corrected chi connectivity index (χ0v) is 9.18. The summed E-state index contributed by atoms with van der Waals surface area (Å²) < 4.78 is 0. The quantitative estimate of drug-likeness (QED) is 0.529. The van der Waals surface area contributed by atoms with Crippen molar-refractivity contribution in [3.8, 4) is 0 Å². The van der Waals surface area contributed by atoms with Crippen molar-refractivity contribution in [1.82, 2.24) is 0 Å². The molecule has 0 nitrogen and oxygen atoms in total. The normalized spacial score (nSPS) is 14.5. The molecule has 1 aromatic rings. The first-order valence-electron chi connectivity index (χ1n) is 3.79. The minimum absolute atomic E-state index is 0.814. The number of hydrogen-bond donors (Lipinski definition) is 1. The average Bonchev–Trinajstić information content (AvgIpc) is 2.12. The van der Waals surface area contributed by atoms with Gasteiger partial charge in [-0.1, -0.05) is 36.6 Å². The van der Waals surface area contributed by atoms with Crippen LogP contribution >= 0.6 is 37.1 Å². The van der Waals surface area contributed by atoms with Crippen LogP contribution in [0.2, 0.25) is 0 Å². The Morgan fingerprint density at radius 3 is 2.38 bits per heavy atom. The Kier molecular flexibility index (Phi) is 2.32. The highest BCUT2D eigenvalue weighted by Crippen LogP contribution is 2.24. The summed E-state index contributed by atoms with van der Waals surface area (Å²) in [5.41, 5.74) is 2.02. The SMILES string of the molecule is S=C1C=CC(=S)c2c(S)cccc21. The van der Waals surface area contributed by atoms with Crippen LogP contribution in [0.4, 0.5) is 0 Å². The van der Waals surface area contributed by atoms with Gasteiger partial charge < -0.3 is 0 Å². The van der Waals surface area contributed by atoms with Crippen LogP contribution in [-0.4, -0.2) is 9.73 Å². The Morgan fingerprint density at radius 1 is 1.00 bits per heavy atom. The predicted octanol–water partition coefficient (Wildman–Crippen LogP) is 2.98. The third-order valence-electron chi connectivity index (χ3n) is 1.94. The molecule has 0 fully saturated rings. The van der Waals surface area contributed by atoms with Crippen LogP contribution < -0.4 is 0 Å². The summed E-state index contributed by atoms with van der Waals surface area (Å²) in [5.74, 6) is 0. The lowest BCUT2D eigenvalue weighted by atomic mass is 9.96. The average molecular weight is 222 g/mol. The highest BCUT2D eigenvalue weighted by Gasteiger charge is 2.15. The summed E-state index contributed by atoms with van der Waals surface area (Å²) in [6, 6.07) is 5.85. The first kappa shape index (κ1) is 9.06. The Bertz CT molecular complexity index is 430. The maximum Gasteiger partial charge on any atom is 0.0467 e. The molecule has 1 aliphatic rings. The Hall–Kier alpha value is -0.510. The van der Waals surface area contributed by atoms with Gasteiger partial charge in [-0.2, -0.15) is 0 Å². The van der Waals surface area contributed by atoms with Gasteiger partial charge in [0.1, 0.15) is 0 Å². The fraction of sp³-hybridized carbons (Fsp3) is 0. The number of fused-ring (bicyclic) bond motifs is 1. The molecule has 0 aliphatic heterocycles. The maximum atomic E-state index is 5.21. The zero-order valence-electron chi connectivity index (χ0n) is 6.65. The van der Waals surface area contributed by atoms with E-state index in [1.54, 1.807) is 0 Å². The van der Waals surface area contributed by atoms with Crippen molar-refractivity contribution >= 4 is 46.8 Å². The maximum absolute atomic E-state index is 5.21. The van der Waals surface area contributed by atoms with Gasteiger partial charge in [-0.05, 0) is 18.2 Å². The van der Waals surface area contributed by atoms with Crippen molar-refractivity contribution in [2.75, 3.05) is 0 Å². The van der Waals surface area contributed by atoms with E-state index in [4.69, 9.17) is 24.4 Å². The lowest BCUT2D eigenvalue weighted by Gasteiger charge is -2.14. The van der Waals surface area contributed by atoms with E-state index in [-0.39, 0.29) is 0 Å². The van der Waals surface area contributed by atoms with E-state index in [1.807, 2.05) is 30.4 Å². The number of rotatable bonds is 0. The monoisotopic (exact) mass is 222 g/mol. The van der Waals surface area contributed by atoms with Gasteiger partial charge in [0.05, 0.1) is 0 Å². The highest BCUT2D eigenvalue weighted by atomic mass is 32.1. The molecule has 2 rings (SSSR count). The smallest absolute Gasteiger partial charge is 0.0467 e. The van der Waals surface area contributed by atoms with Crippen LogP contribution in [0.3, 0.4) is 0 Å². The molecule has 0 heterocycles. The molecule has 1 aromatic carbocycles. The third kappa shape index (κ3) is 1.47. The molecule has 0 radical (unpaired) electrons. The number of hydrogen-bond acceptors (Lipinski definition) is 3. The molecule has 3 heteroatoms. The van der Waals surface area contributed by atoms with Crippen molar-refractivity contribution in [1.29, 1.82) is 0 Å². The van der Waals surface area contributed by atoms with Crippen molar-refractivity contribution in [2.24, 2.45) is 0 Å². The van der Waals surface area contributed by atoms with E-state index in [9.17, 15) is 0 Å². The summed E-state index contributed by atoms with van der Waals surface area (Å²) in [4.78, 5) is 2.54. The van der Waals surface area contributed by atoms with Crippen LogP contribution in [0.1, 0.15) is 11.1 Å². The number of benzene rings is 1. The molecule has 0 spiro atoms. The first-order chi connectivity index (χ1) is 6.20. The molecule has 0 bridgehead atoms. The first-order valence-corrected chi connectivity index (χ1v) is 5.05. The summed E-state index contributed by atoms with van der Waals surface area (Å²) in [6.45, 7) is 0. The third-order valence-corrected chi connectivity index (χ3v) is 3.01. The molecule has 64 valence electrons. The van der Waals surface area contributed by atoms with Gasteiger partial charge >= 0.3 is 0 Å². The summed E-state index contributed by atoms with van der Waals surface area (Å²) in [7, 11) is 0. The Labute approximate surface area is 93.1 Å². The number of thiocarbonyl (C=S) groups is 2. The Balaban J connectivity index is 2.76. The van der Waals surface area contributed by atoms with Gasteiger partial charge in [0.15, 0.2) is 0 Å². The zero-order chi connectivity index (χ0) is 9.42. The van der Waals surface area contributed by atoms with E-state index in [1.165, 1.54) is 0 Å². The van der Waals surface area contributed by atoms with Crippen molar-refractivity contribution in [3.05, 3.63) is 41.5 Å². The molecule has 1 aliphatic carbocycles. The number of allylic oxidation sites excluding steroid dienone is 2. The van der Waals surface area contributed by atoms with Gasteiger partial charge in [-0.25, -0.2) is 0 Å². The summed E-state index contributed by atoms with van der Waals surface area (Å²) in [5, 5.41) is 0. The molecule has 0 aromatic heterocycles. The van der Waals surface area contributed by atoms with Gasteiger partial charge in [0.25, 0.3) is 0 Å². The predicted molar refractivity (Wildman–Crippen MR) is 66.2 cm³/mol. The van der Waals surface area contributed by atoms with E-state index >= 15 is 0 Å². The van der Waals surface area contributed by atoms with Crippen LogP contribution in [0.15, 0.2) is 35.2 Å². The second-order valence-corrected chi connectivity index (χ2v) is 4.12. The molecule has 0 N–H and O–H groups in total. The lowest BCUT2D eigenvalue weighted by Crippen LogP contribution is -2.10. The van der Waals surface area contributed by atoms with Crippen molar-refractivity contribution < 1.29 is 0 Å². The molecule has 0 amide bonds. The molecular formula is C10H6S3. The Morgan fingerprint density at radius 2 is 1.69 bits per heavy atom. The van der Waals surface area contributed by atoms with Crippen LogP contribution in [0.5, 0.6) is 0 Å². The minimum atomic E-state index is 0.814. The molecular weight excluding hydrogens is 216 g/mol. The fourth-order valence-corrected chi connectivity index (χ4v) is 2.26. The van der Waals surface area contributed by atoms with E-state index in [0.717, 1.165) is 25.8 Å². The lowest BCUT2D eigenvalue weighted by molar-refractivity contribution is 1.42. The second kappa shape index (κ2) is 3.33. The van der Waals surface area contributed by atoms with E-state index < -0.39 is 0 Å². The van der Waals surface area contributed by atoms with Gasteiger partial charge in [-0.3, -0.25) is 0 Å². The van der Waals surface area contributed by atoms with Gasteiger partial charge in [0.2, 0.25) is 0 Å². The largest absolute Gasteiger partial charge is 0.143 e. The molecule has 0 saturated heterocycles. The summed E-state index contributed by atoms with van der Waals surface area (Å²) >= 11 is 14.8. The fourth-order valence-electron chi connectivity index (χ4n) is 1.33. The highest BCUT2D eigenvalue weighted by molar-refractivity contribution is 7.82. The van der Waals surface area contributed by atoms with Crippen molar-refractivity contribution in [3.63, 3.8) is 0 Å². The number of thiol groups is 1. The molecule has 13 heavy (non-hydrogen) atoms. The molecule has 0 unspecified atom stereocenters. The van der Waals surface area contributed by atoms with Crippen LogP contribution in [0, 0.1) is 0 Å². The molecule has 0 atom stereocenters.